The minimum atomic E-state index is 0.787. The van der Waals surface area contributed by atoms with Crippen LogP contribution in [0.4, 0.5) is 0 Å². The highest BCUT2D eigenvalue weighted by atomic mass is 16.5. The second kappa shape index (κ2) is 9.92. The van der Waals surface area contributed by atoms with Gasteiger partial charge in [-0.15, -0.1) is 0 Å². The van der Waals surface area contributed by atoms with Gasteiger partial charge in [0.2, 0.25) is 0 Å². The Kier molecular flexibility index (Phi) is 9.85. The summed E-state index contributed by atoms with van der Waals surface area (Å²) < 4.78 is 5.24. The first kappa shape index (κ1) is 10.9. The van der Waals surface area contributed by atoms with Crippen LogP contribution in [0, 0.1) is 6.92 Å². The Morgan fingerprint density at radius 2 is 2.09 bits per heavy atom. The minimum Gasteiger partial charge on any atom is -0.380 e. The van der Waals surface area contributed by atoms with Crippen molar-refractivity contribution >= 4 is 0 Å². The Labute approximate surface area is 70.3 Å². The highest BCUT2D eigenvalue weighted by Gasteiger charge is 1.86. The largest absolute Gasteiger partial charge is 0.380 e. The normalized spacial score (nSPS) is 10.4. The summed E-state index contributed by atoms with van der Waals surface area (Å²) in [5.41, 5.74) is 0. The fraction of sp³-hybridized carbons (Fsp3) is 0.889. The number of nitrogens with one attached hydrogen (secondary N) is 1. The lowest BCUT2D eigenvalue weighted by Crippen LogP contribution is -2.20. The molecule has 0 bridgehead atoms. The minimum absolute atomic E-state index is 0.787. The molecule has 0 rings (SSSR count). The van der Waals surface area contributed by atoms with Crippen LogP contribution in [0.2, 0.25) is 0 Å². The molecule has 0 unspecified atom stereocenters. The van der Waals surface area contributed by atoms with Gasteiger partial charge in [-0.1, -0.05) is 20.3 Å². The van der Waals surface area contributed by atoms with Crippen molar-refractivity contribution in [1.29, 1.82) is 0 Å². The third kappa shape index (κ3) is 9.92. The second-order valence-corrected chi connectivity index (χ2v) is 2.57. The van der Waals surface area contributed by atoms with Crippen molar-refractivity contribution in [1.82, 2.24) is 5.32 Å². The van der Waals surface area contributed by atoms with Crippen LogP contribution in [0.1, 0.15) is 26.2 Å². The number of hydrogen-bond acceptors (Lipinski definition) is 2. The van der Waals surface area contributed by atoms with Crippen LogP contribution in [0.15, 0.2) is 0 Å². The predicted molar refractivity (Wildman–Crippen MR) is 48.6 cm³/mol. The van der Waals surface area contributed by atoms with E-state index < -0.39 is 0 Å². The predicted octanol–water partition coefficient (Wildman–Crippen LogP) is 1.62. The molecule has 0 fully saturated rings. The van der Waals surface area contributed by atoms with Gasteiger partial charge in [0, 0.05) is 13.2 Å². The first-order valence-corrected chi connectivity index (χ1v) is 4.49. The zero-order chi connectivity index (χ0) is 8.36. The van der Waals surface area contributed by atoms with E-state index in [0.29, 0.717) is 0 Å². The van der Waals surface area contributed by atoms with E-state index in [4.69, 9.17) is 4.74 Å². The Hall–Kier alpha value is -0.0800. The van der Waals surface area contributed by atoms with Crippen molar-refractivity contribution in [2.75, 3.05) is 26.3 Å². The molecule has 0 aliphatic carbocycles. The monoisotopic (exact) mass is 158 g/mol. The first-order chi connectivity index (χ1) is 5.41. The van der Waals surface area contributed by atoms with E-state index in [1.165, 1.54) is 12.8 Å². The molecule has 0 aromatic rings. The van der Waals surface area contributed by atoms with Crippen molar-refractivity contribution in [3.8, 4) is 0 Å². The molecule has 11 heavy (non-hydrogen) atoms. The third-order valence-corrected chi connectivity index (χ3v) is 1.42. The van der Waals surface area contributed by atoms with Crippen molar-refractivity contribution in [2.24, 2.45) is 0 Å². The highest BCUT2D eigenvalue weighted by molar-refractivity contribution is 4.45. The maximum atomic E-state index is 5.24. The van der Waals surface area contributed by atoms with Crippen molar-refractivity contribution < 1.29 is 4.74 Å². The van der Waals surface area contributed by atoms with Gasteiger partial charge in [-0.25, -0.2) is 0 Å². The fourth-order valence-corrected chi connectivity index (χ4v) is 0.775. The molecule has 0 aliphatic rings. The molecule has 0 atom stereocenters. The van der Waals surface area contributed by atoms with E-state index >= 15 is 0 Å². The lowest BCUT2D eigenvalue weighted by Gasteiger charge is -2.03. The molecular weight excluding hydrogens is 138 g/mol. The smallest absolute Gasteiger partial charge is 0.0590 e. The Balaban J connectivity index is 2.69. The van der Waals surface area contributed by atoms with Gasteiger partial charge in [0.25, 0.3) is 0 Å². The average molecular weight is 158 g/mol. The van der Waals surface area contributed by atoms with Gasteiger partial charge >= 0.3 is 0 Å². The van der Waals surface area contributed by atoms with E-state index in [0.717, 1.165) is 32.7 Å². The molecule has 0 amide bonds. The molecule has 0 saturated heterocycles. The SMILES string of the molecule is [CH2]CCOCCNCCCC. The summed E-state index contributed by atoms with van der Waals surface area (Å²) >= 11 is 0. The summed E-state index contributed by atoms with van der Waals surface area (Å²) in [7, 11) is 0. The van der Waals surface area contributed by atoms with Gasteiger partial charge < -0.3 is 10.1 Å². The van der Waals surface area contributed by atoms with Gasteiger partial charge in [0.15, 0.2) is 0 Å². The second-order valence-electron chi connectivity index (χ2n) is 2.57. The molecule has 0 saturated carbocycles. The quantitative estimate of drug-likeness (QED) is 0.542. The first-order valence-electron chi connectivity index (χ1n) is 4.49. The van der Waals surface area contributed by atoms with Crippen LogP contribution >= 0.6 is 0 Å². The van der Waals surface area contributed by atoms with Gasteiger partial charge in [0.1, 0.15) is 0 Å². The number of unbranched alkanes of at least 4 members (excludes halogenated alkanes) is 1. The highest BCUT2D eigenvalue weighted by Crippen LogP contribution is 1.82. The van der Waals surface area contributed by atoms with Gasteiger partial charge in [-0.2, -0.15) is 0 Å². The van der Waals surface area contributed by atoms with E-state index in [9.17, 15) is 0 Å². The van der Waals surface area contributed by atoms with E-state index in [-0.39, 0.29) is 0 Å². The average Bonchev–Trinajstić information content (AvgIpc) is 2.03. The van der Waals surface area contributed by atoms with Crippen molar-refractivity contribution in [3.05, 3.63) is 6.92 Å². The summed E-state index contributed by atoms with van der Waals surface area (Å²) in [5, 5.41) is 3.30. The standard InChI is InChI=1S/C9H20NO/c1-3-5-6-10-7-9-11-8-4-2/h10H,2-9H2,1H3. The number of hydrogen-bond donors (Lipinski definition) is 1. The molecule has 0 aliphatic heterocycles. The maximum Gasteiger partial charge on any atom is 0.0590 e. The molecule has 0 spiro atoms. The summed E-state index contributed by atoms with van der Waals surface area (Å²) in [4.78, 5) is 0. The number of rotatable bonds is 8. The topological polar surface area (TPSA) is 21.3 Å². The maximum absolute atomic E-state index is 5.24. The van der Waals surface area contributed by atoms with Crippen LogP contribution in [0.3, 0.4) is 0 Å². The molecule has 0 heterocycles. The summed E-state index contributed by atoms with van der Waals surface area (Å²) in [6.45, 7) is 9.58. The van der Waals surface area contributed by atoms with Crippen LogP contribution in [-0.4, -0.2) is 26.3 Å². The lowest BCUT2D eigenvalue weighted by molar-refractivity contribution is 0.140. The van der Waals surface area contributed by atoms with Crippen LogP contribution in [0.5, 0.6) is 0 Å². The summed E-state index contributed by atoms with van der Waals surface area (Å²) in [6, 6.07) is 0. The van der Waals surface area contributed by atoms with Gasteiger partial charge in [-0.05, 0) is 19.4 Å². The van der Waals surface area contributed by atoms with Crippen LogP contribution in [0.25, 0.3) is 0 Å². The Morgan fingerprint density at radius 3 is 2.73 bits per heavy atom. The molecule has 1 radical (unpaired) electrons. The Bertz CT molecular complexity index is 58.6. The molecular formula is C9H20NO. The molecule has 2 heteroatoms. The van der Waals surface area contributed by atoms with E-state index in [1.54, 1.807) is 0 Å². The lowest BCUT2D eigenvalue weighted by atomic mass is 10.3. The van der Waals surface area contributed by atoms with Crippen molar-refractivity contribution in [2.45, 2.75) is 26.2 Å². The van der Waals surface area contributed by atoms with E-state index in [1.807, 2.05) is 0 Å². The van der Waals surface area contributed by atoms with Gasteiger partial charge in [-0.3, -0.25) is 0 Å². The summed E-state index contributed by atoms with van der Waals surface area (Å²) in [6.07, 6.45) is 3.39. The van der Waals surface area contributed by atoms with Gasteiger partial charge in [0.05, 0.1) is 6.61 Å². The molecule has 67 valence electrons. The Morgan fingerprint density at radius 1 is 1.27 bits per heavy atom. The summed E-state index contributed by atoms with van der Waals surface area (Å²) in [5.74, 6) is 0. The molecule has 1 N–H and O–H groups in total. The molecule has 2 nitrogen and oxygen atoms in total. The molecule has 0 aromatic heterocycles. The van der Waals surface area contributed by atoms with Crippen LogP contribution in [-0.2, 0) is 4.74 Å². The third-order valence-electron chi connectivity index (χ3n) is 1.42. The molecule has 0 aromatic carbocycles. The fourth-order valence-electron chi connectivity index (χ4n) is 0.775. The number of ether oxygens (including phenoxy) is 1. The zero-order valence-corrected chi connectivity index (χ0v) is 7.57. The van der Waals surface area contributed by atoms with E-state index in [2.05, 4.69) is 19.2 Å². The van der Waals surface area contributed by atoms with Crippen LogP contribution < -0.4 is 5.32 Å². The van der Waals surface area contributed by atoms with Crippen molar-refractivity contribution in [3.63, 3.8) is 0 Å². The zero-order valence-electron chi connectivity index (χ0n) is 7.57.